The highest BCUT2D eigenvalue weighted by atomic mass is 35.5. The molecule has 1 aliphatic carbocycles. The fourth-order valence-corrected chi connectivity index (χ4v) is 2.64. The van der Waals surface area contributed by atoms with Gasteiger partial charge in [-0.25, -0.2) is 4.79 Å². The number of nitrogens with one attached hydrogen (secondary N) is 2. The van der Waals surface area contributed by atoms with Crippen LogP contribution >= 0.6 is 11.6 Å². The summed E-state index contributed by atoms with van der Waals surface area (Å²) in [6.07, 6.45) is 5.65. The van der Waals surface area contributed by atoms with E-state index in [-0.39, 0.29) is 11.4 Å². The minimum absolute atomic E-state index is 0.0796. The van der Waals surface area contributed by atoms with Crippen molar-refractivity contribution < 1.29 is 4.79 Å². The summed E-state index contributed by atoms with van der Waals surface area (Å²) in [4.78, 5) is 15.9. The van der Waals surface area contributed by atoms with E-state index >= 15 is 0 Å². The summed E-state index contributed by atoms with van der Waals surface area (Å²) in [6.45, 7) is 1.13. The Kier molecular flexibility index (Phi) is 4.29. The summed E-state index contributed by atoms with van der Waals surface area (Å²) in [5.41, 5.74) is 2.30. The normalized spacial score (nSPS) is 15.1. The Morgan fingerprint density at radius 1 is 1.18 bits per heavy atom. The molecule has 0 aliphatic heterocycles. The Balaban J connectivity index is 1.49. The molecule has 114 valence electrons. The molecule has 2 aromatic rings. The fourth-order valence-electron chi connectivity index (χ4n) is 2.52. The van der Waals surface area contributed by atoms with Crippen molar-refractivity contribution in [3.63, 3.8) is 0 Å². The molecule has 1 heterocycles. The number of nitrogens with zero attached hydrogens (tertiary/aromatic N) is 1. The van der Waals surface area contributed by atoms with Gasteiger partial charge in [0.2, 0.25) is 0 Å². The molecule has 1 saturated carbocycles. The molecule has 3 rings (SSSR count). The number of carbonyl (C=O) groups excluding carboxylic acids is 1. The Morgan fingerprint density at radius 3 is 2.59 bits per heavy atom. The molecule has 1 aromatic carbocycles. The predicted octanol–water partition coefficient (Wildman–Crippen LogP) is 3.27. The van der Waals surface area contributed by atoms with E-state index in [0.717, 1.165) is 23.4 Å². The SMILES string of the molecule is O=C(NCc1cccnc1)NCC1(c2ccc(Cl)cc2)CC1. The van der Waals surface area contributed by atoms with E-state index in [2.05, 4.69) is 15.6 Å². The maximum absolute atomic E-state index is 11.9. The first-order valence-electron chi connectivity index (χ1n) is 7.35. The van der Waals surface area contributed by atoms with Gasteiger partial charge >= 0.3 is 6.03 Å². The first-order chi connectivity index (χ1) is 10.7. The fraction of sp³-hybridized carbons (Fsp3) is 0.294. The second kappa shape index (κ2) is 6.36. The van der Waals surface area contributed by atoms with Gasteiger partial charge < -0.3 is 10.6 Å². The molecule has 2 amide bonds. The van der Waals surface area contributed by atoms with Gasteiger partial charge in [0.25, 0.3) is 0 Å². The summed E-state index contributed by atoms with van der Waals surface area (Å²) in [5.74, 6) is 0. The van der Waals surface area contributed by atoms with Crippen molar-refractivity contribution in [1.29, 1.82) is 0 Å². The molecule has 1 fully saturated rings. The van der Waals surface area contributed by atoms with E-state index in [0.29, 0.717) is 13.1 Å². The number of halogens is 1. The zero-order valence-electron chi connectivity index (χ0n) is 12.2. The van der Waals surface area contributed by atoms with Gasteiger partial charge in [-0.1, -0.05) is 29.8 Å². The van der Waals surface area contributed by atoms with E-state index in [9.17, 15) is 4.79 Å². The van der Waals surface area contributed by atoms with Gasteiger partial charge in [-0.3, -0.25) is 4.98 Å². The van der Waals surface area contributed by atoms with Gasteiger partial charge in [0.1, 0.15) is 0 Å². The van der Waals surface area contributed by atoms with Crippen molar-refractivity contribution >= 4 is 17.6 Å². The van der Waals surface area contributed by atoms with Crippen LogP contribution in [-0.2, 0) is 12.0 Å². The summed E-state index contributed by atoms with van der Waals surface area (Å²) in [5, 5.41) is 6.55. The number of pyridine rings is 1. The lowest BCUT2D eigenvalue weighted by Crippen LogP contribution is -2.39. The Labute approximate surface area is 134 Å². The van der Waals surface area contributed by atoms with Crippen LogP contribution in [0.2, 0.25) is 5.02 Å². The van der Waals surface area contributed by atoms with Gasteiger partial charge in [0, 0.05) is 35.9 Å². The lowest BCUT2D eigenvalue weighted by molar-refractivity contribution is 0.239. The van der Waals surface area contributed by atoms with Crippen LogP contribution in [0.25, 0.3) is 0 Å². The van der Waals surface area contributed by atoms with Crippen LogP contribution in [0.1, 0.15) is 24.0 Å². The quantitative estimate of drug-likeness (QED) is 0.889. The lowest BCUT2D eigenvalue weighted by Gasteiger charge is -2.17. The van der Waals surface area contributed by atoms with Gasteiger partial charge in [0.15, 0.2) is 0 Å². The van der Waals surface area contributed by atoms with E-state index in [4.69, 9.17) is 11.6 Å². The highest BCUT2D eigenvalue weighted by Crippen LogP contribution is 2.47. The maximum Gasteiger partial charge on any atom is 0.315 e. The van der Waals surface area contributed by atoms with Crippen molar-refractivity contribution in [2.75, 3.05) is 6.54 Å². The zero-order chi connectivity index (χ0) is 15.4. The molecule has 22 heavy (non-hydrogen) atoms. The summed E-state index contributed by atoms with van der Waals surface area (Å²) in [6, 6.07) is 11.5. The molecule has 0 radical (unpaired) electrons. The van der Waals surface area contributed by atoms with Crippen LogP contribution in [0.4, 0.5) is 4.79 Å². The highest BCUT2D eigenvalue weighted by Gasteiger charge is 2.44. The number of hydrogen-bond donors (Lipinski definition) is 2. The topological polar surface area (TPSA) is 54.0 Å². The van der Waals surface area contributed by atoms with Crippen LogP contribution in [0.5, 0.6) is 0 Å². The van der Waals surface area contributed by atoms with Gasteiger partial charge in [-0.15, -0.1) is 0 Å². The number of amides is 2. The first-order valence-corrected chi connectivity index (χ1v) is 7.72. The summed E-state index contributed by atoms with van der Waals surface area (Å²) < 4.78 is 0. The number of carbonyl (C=O) groups is 1. The van der Waals surface area contributed by atoms with Crippen molar-refractivity contribution in [3.8, 4) is 0 Å². The predicted molar refractivity (Wildman–Crippen MR) is 86.8 cm³/mol. The number of hydrogen-bond acceptors (Lipinski definition) is 2. The molecule has 0 bridgehead atoms. The third-order valence-electron chi connectivity index (χ3n) is 4.07. The standard InChI is InChI=1S/C17H18ClN3O/c18-15-5-3-14(4-6-15)17(7-8-17)12-21-16(22)20-11-13-2-1-9-19-10-13/h1-6,9-10H,7-8,11-12H2,(H2,20,21,22). The van der Waals surface area contributed by atoms with E-state index in [1.807, 2.05) is 36.4 Å². The second-order valence-corrected chi connectivity index (χ2v) is 6.12. The minimum atomic E-state index is -0.149. The number of benzene rings is 1. The average Bonchev–Trinajstić information content (AvgIpc) is 3.34. The molecule has 5 heteroatoms. The molecule has 1 aliphatic rings. The van der Waals surface area contributed by atoms with Crippen LogP contribution in [0.15, 0.2) is 48.8 Å². The third-order valence-corrected chi connectivity index (χ3v) is 4.33. The van der Waals surface area contributed by atoms with Crippen LogP contribution in [0.3, 0.4) is 0 Å². The minimum Gasteiger partial charge on any atom is -0.337 e. The van der Waals surface area contributed by atoms with Gasteiger partial charge in [-0.2, -0.15) is 0 Å². The largest absolute Gasteiger partial charge is 0.337 e. The lowest BCUT2D eigenvalue weighted by atomic mass is 9.96. The Morgan fingerprint density at radius 2 is 1.95 bits per heavy atom. The molecule has 2 N–H and O–H groups in total. The Hall–Kier alpha value is -2.07. The molecule has 0 spiro atoms. The number of rotatable bonds is 5. The molecule has 0 unspecified atom stereocenters. The molecule has 0 saturated heterocycles. The highest BCUT2D eigenvalue weighted by molar-refractivity contribution is 6.30. The zero-order valence-corrected chi connectivity index (χ0v) is 12.9. The molecule has 4 nitrogen and oxygen atoms in total. The number of aromatic nitrogens is 1. The van der Waals surface area contributed by atoms with Crippen molar-refractivity contribution in [3.05, 3.63) is 64.9 Å². The van der Waals surface area contributed by atoms with Crippen molar-refractivity contribution in [2.24, 2.45) is 0 Å². The summed E-state index contributed by atoms with van der Waals surface area (Å²) in [7, 11) is 0. The van der Waals surface area contributed by atoms with Crippen molar-refractivity contribution in [1.82, 2.24) is 15.6 Å². The second-order valence-electron chi connectivity index (χ2n) is 5.68. The van der Waals surface area contributed by atoms with E-state index in [1.54, 1.807) is 12.4 Å². The van der Waals surface area contributed by atoms with Crippen LogP contribution < -0.4 is 10.6 Å². The maximum atomic E-state index is 11.9. The monoisotopic (exact) mass is 315 g/mol. The smallest absolute Gasteiger partial charge is 0.315 e. The van der Waals surface area contributed by atoms with Gasteiger partial charge in [0.05, 0.1) is 0 Å². The molecular formula is C17H18ClN3O. The van der Waals surface area contributed by atoms with Crippen LogP contribution in [-0.4, -0.2) is 17.6 Å². The van der Waals surface area contributed by atoms with E-state index in [1.165, 1.54) is 5.56 Å². The molecular weight excluding hydrogens is 298 g/mol. The average molecular weight is 316 g/mol. The Bertz CT molecular complexity index is 639. The van der Waals surface area contributed by atoms with E-state index < -0.39 is 0 Å². The van der Waals surface area contributed by atoms with Crippen LogP contribution in [0, 0.1) is 0 Å². The van der Waals surface area contributed by atoms with Crippen molar-refractivity contribution in [2.45, 2.75) is 24.8 Å². The third kappa shape index (κ3) is 3.57. The summed E-state index contributed by atoms with van der Waals surface area (Å²) >= 11 is 5.92. The first kappa shape index (κ1) is 14.9. The molecule has 1 aromatic heterocycles. The number of urea groups is 1. The van der Waals surface area contributed by atoms with Gasteiger partial charge in [-0.05, 0) is 42.2 Å². The molecule has 0 atom stereocenters.